The zero-order valence-electron chi connectivity index (χ0n) is 18.7. The normalized spacial score (nSPS) is 17.0. The van der Waals surface area contributed by atoms with Gasteiger partial charge in [0.2, 0.25) is 0 Å². The maximum absolute atomic E-state index is 12.6. The van der Waals surface area contributed by atoms with Gasteiger partial charge in [0.1, 0.15) is 5.82 Å². The molecule has 0 amide bonds. The van der Waals surface area contributed by atoms with E-state index in [4.69, 9.17) is 9.72 Å². The summed E-state index contributed by atoms with van der Waals surface area (Å²) in [5.74, 6) is 1.43. The molecule has 3 aromatic heterocycles. The first kappa shape index (κ1) is 21.1. The Labute approximate surface area is 199 Å². The van der Waals surface area contributed by atoms with Gasteiger partial charge in [0, 0.05) is 29.3 Å². The molecule has 0 spiro atoms. The van der Waals surface area contributed by atoms with Crippen LogP contribution in [0.5, 0.6) is 0 Å². The third-order valence-corrected chi connectivity index (χ3v) is 7.35. The van der Waals surface area contributed by atoms with Gasteiger partial charge in [0.15, 0.2) is 11.0 Å². The minimum atomic E-state index is -0.131. The molecule has 1 saturated heterocycles. The summed E-state index contributed by atoms with van der Waals surface area (Å²) in [6, 6.07) is 15.6. The summed E-state index contributed by atoms with van der Waals surface area (Å²) in [6.45, 7) is 3.49. The molecule has 2 unspecified atom stereocenters. The van der Waals surface area contributed by atoms with E-state index in [0.29, 0.717) is 23.3 Å². The number of H-pyrrole nitrogens is 2. The maximum Gasteiger partial charge on any atom is 0.258 e. The second kappa shape index (κ2) is 8.73. The van der Waals surface area contributed by atoms with Crippen LogP contribution in [-0.4, -0.2) is 42.4 Å². The van der Waals surface area contributed by atoms with Crippen LogP contribution < -0.4 is 5.56 Å². The lowest BCUT2D eigenvalue weighted by Gasteiger charge is -2.16. The Balaban J connectivity index is 1.38. The van der Waals surface area contributed by atoms with Crippen LogP contribution in [0, 0.1) is 0 Å². The van der Waals surface area contributed by atoms with Crippen LogP contribution in [0.4, 0.5) is 0 Å². The number of hydrogen-bond donors (Lipinski definition) is 2. The predicted molar refractivity (Wildman–Crippen MR) is 133 cm³/mol. The second-order valence-corrected chi connectivity index (χ2v) is 9.84. The van der Waals surface area contributed by atoms with E-state index < -0.39 is 0 Å². The number of nitrogens with zero attached hydrogens (tertiary/aromatic N) is 4. The minimum absolute atomic E-state index is 0.124. The predicted octanol–water partition coefficient (Wildman–Crippen LogP) is 4.70. The van der Waals surface area contributed by atoms with Gasteiger partial charge >= 0.3 is 0 Å². The maximum atomic E-state index is 12.6. The van der Waals surface area contributed by atoms with Crippen LogP contribution >= 0.6 is 11.8 Å². The van der Waals surface area contributed by atoms with Crippen LogP contribution in [0.1, 0.15) is 30.8 Å². The first-order chi connectivity index (χ1) is 16.7. The number of nitrogens with one attached hydrogen (secondary N) is 2. The van der Waals surface area contributed by atoms with Gasteiger partial charge in [-0.1, -0.05) is 42.1 Å². The van der Waals surface area contributed by atoms with E-state index >= 15 is 0 Å². The molecule has 2 aromatic carbocycles. The highest BCUT2D eigenvalue weighted by molar-refractivity contribution is 7.99. The molecule has 0 bridgehead atoms. The number of benzene rings is 2. The molecule has 6 rings (SSSR count). The third-order valence-electron chi connectivity index (χ3n) is 6.26. The van der Waals surface area contributed by atoms with E-state index in [1.165, 1.54) is 11.8 Å². The van der Waals surface area contributed by atoms with Crippen LogP contribution in [0.3, 0.4) is 0 Å². The van der Waals surface area contributed by atoms with Gasteiger partial charge in [-0.05, 0) is 38.0 Å². The Hall–Kier alpha value is -3.43. The molecule has 1 aliphatic heterocycles. The molecule has 34 heavy (non-hydrogen) atoms. The Kier molecular flexibility index (Phi) is 5.43. The summed E-state index contributed by atoms with van der Waals surface area (Å²) in [7, 11) is 0. The monoisotopic (exact) mass is 472 g/mol. The van der Waals surface area contributed by atoms with E-state index in [2.05, 4.69) is 36.9 Å². The van der Waals surface area contributed by atoms with Gasteiger partial charge in [-0.3, -0.25) is 9.36 Å². The Morgan fingerprint density at radius 2 is 1.97 bits per heavy atom. The molecular weight excluding hydrogens is 448 g/mol. The Morgan fingerprint density at radius 3 is 2.82 bits per heavy atom. The van der Waals surface area contributed by atoms with Crippen molar-refractivity contribution in [2.75, 3.05) is 6.61 Å². The zero-order chi connectivity index (χ0) is 23.1. The number of rotatable bonds is 6. The summed E-state index contributed by atoms with van der Waals surface area (Å²) in [4.78, 5) is 23.6. The van der Waals surface area contributed by atoms with Crippen molar-refractivity contribution in [3.63, 3.8) is 0 Å². The molecular formula is C25H24N6O2S. The number of thioether (sulfide) groups is 1. The molecule has 0 aliphatic carbocycles. The summed E-state index contributed by atoms with van der Waals surface area (Å²) in [6.07, 6.45) is 4.20. The largest absolute Gasteiger partial charge is 0.376 e. The van der Waals surface area contributed by atoms with Gasteiger partial charge in [-0.25, -0.2) is 4.98 Å². The summed E-state index contributed by atoms with van der Waals surface area (Å²) >= 11 is 1.54. The highest BCUT2D eigenvalue weighted by atomic mass is 32.2. The molecule has 172 valence electrons. The number of para-hydroxylation sites is 2. The van der Waals surface area contributed by atoms with Gasteiger partial charge in [-0.2, -0.15) is 0 Å². The van der Waals surface area contributed by atoms with Crippen molar-refractivity contribution in [3.05, 3.63) is 70.9 Å². The smallest absolute Gasteiger partial charge is 0.258 e. The standard InChI is InChI=1S/C25H24N6O2S/c1-15(22-27-21-11-5-3-9-18(21)24(32)28-22)34-25-30-29-23(31(25)14-16-7-6-12-33-16)19-13-26-20-10-4-2-8-17(19)20/h2-5,8-11,13,15-16,26H,6-7,12,14H2,1H3,(H,27,28,32). The lowest BCUT2D eigenvalue weighted by Crippen LogP contribution is -2.17. The van der Waals surface area contributed by atoms with Gasteiger partial charge in [-0.15, -0.1) is 10.2 Å². The molecule has 9 heteroatoms. The Bertz CT molecular complexity index is 1530. The van der Waals surface area contributed by atoms with Crippen molar-refractivity contribution in [1.29, 1.82) is 0 Å². The fourth-order valence-electron chi connectivity index (χ4n) is 4.50. The van der Waals surface area contributed by atoms with E-state index in [0.717, 1.165) is 46.9 Å². The third kappa shape index (κ3) is 3.80. The molecule has 4 heterocycles. The van der Waals surface area contributed by atoms with E-state index in [9.17, 15) is 4.79 Å². The fraction of sp³-hybridized carbons (Fsp3) is 0.280. The number of hydrogen-bond acceptors (Lipinski definition) is 6. The first-order valence-electron chi connectivity index (χ1n) is 11.4. The van der Waals surface area contributed by atoms with Crippen LogP contribution in [0.15, 0.2) is 64.7 Å². The number of ether oxygens (including phenoxy) is 1. The van der Waals surface area contributed by atoms with Gasteiger partial charge in [0.05, 0.1) is 28.8 Å². The second-order valence-electron chi connectivity index (χ2n) is 8.53. The zero-order valence-corrected chi connectivity index (χ0v) is 19.5. The first-order valence-corrected chi connectivity index (χ1v) is 12.3. The lowest BCUT2D eigenvalue weighted by molar-refractivity contribution is 0.0953. The van der Waals surface area contributed by atoms with Crippen molar-refractivity contribution in [2.45, 2.75) is 42.8 Å². The topological polar surface area (TPSA) is 101 Å². The molecule has 1 aliphatic rings. The average Bonchev–Trinajstić information content (AvgIpc) is 3.60. The molecule has 8 nitrogen and oxygen atoms in total. The van der Waals surface area contributed by atoms with E-state index in [-0.39, 0.29) is 16.9 Å². The van der Waals surface area contributed by atoms with Crippen LogP contribution in [0.2, 0.25) is 0 Å². The van der Waals surface area contributed by atoms with Crippen molar-refractivity contribution in [3.8, 4) is 11.4 Å². The molecule has 1 fully saturated rings. The van der Waals surface area contributed by atoms with Crippen molar-refractivity contribution in [2.24, 2.45) is 0 Å². The summed E-state index contributed by atoms with van der Waals surface area (Å²) < 4.78 is 8.09. The minimum Gasteiger partial charge on any atom is -0.376 e. The molecule has 0 saturated carbocycles. The van der Waals surface area contributed by atoms with E-state index in [1.807, 2.05) is 43.5 Å². The van der Waals surface area contributed by atoms with Crippen molar-refractivity contribution >= 4 is 33.6 Å². The number of fused-ring (bicyclic) bond motifs is 2. The summed E-state index contributed by atoms with van der Waals surface area (Å²) in [5, 5.41) is 11.5. The molecule has 2 N–H and O–H groups in total. The molecule has 5 aromatic rings. The summed E-state index contributed by atoms with van der Waals surface area (Å²) in [5.41, 5.74) is 2.63. The highest BCUT2D eigenvalue weighted by Gasteiger charge is 2.25. The molecule has 0 radical (unpaired) electrons. The van der Waals surface area contributed by atoms with Crippen LogP contribution in [-0.2, 0) is 11.3 Å². The average molecular weight is 473 g/mol. The van der Waals surface area contributed by atoms with Crippen molar-refractivity contribution < 1.29 is 4.74 Å². The van der Waals surface area contributed by atoms with Crippen molar-refractivity contribution in [1.82, 2.24) is 29.7 Å². The fourth-order valence-corrected chi connectivity index (χ4v) is 5.41. The number of aromatic amines is 2. The highest BCUT2D eigenvalue weighted by Crippen LogP contribution is 2.36. The quantitative estimate of drug-likeness (QED) is 0.348. The van der Waals surface area contributed by atoms with E-state index in [1.54, 1.807) is 6.07 Å². The Morgan fingerprint density at radius 1 is 1.15 bits per heavy atom. The van der Waals surface area contributed by atoms with Gasteiger partial charge in [0.25, 0.3) is 5.56 Å². The van der Waals surface area contributed by atoms with Gasteiger partial charge < -0.3 is 14.7 Å². The molecule has 2 atom stereocenters. The lowest BCUT2D eigenvalue weighted by atomic mass is 10.1. The SMILES string of the molecule is CC(Sc1nnc(-c2c[nH]c3ccccc23)n1CC1CCCO1)c1nc2ccccc2c(=O)[nH]1. The number of aromatic nitrogens is 6. The van der Waals surface area contributed by atoms with Crippen LogP contribution in [0.25, 0.3) is 33.2 Å².